The lowest BCUT2D eigenvalue weighted by Crippen LogP contribution is -2.63. The second-order valence-corrected chi connectivity index (χ2v) is 13.2. The maximum absolute atomic E-state index is 14.2. The molecule has 6 unspecified atom stereocenters. The van der Waals surface area contributed by atoms with Crippen molar-refractivity contribution in [2.45, 2.75) is 90.8 Å². The third-order valence-electron chi connectivity index (χ3n) is 12.5. The van der Waals surface area contributed by atoms with Gasteiger partial charge in [0, 0.05) is 35.3 Å². The van der Waals surface area contributed by atoms with Crippen LogP contribution in [0.5, 0.6) is 0 Å². The molecule has 2 spiro atoms. The number of rotatable bonds is 3. The highest BCUT2D eigenvalue weighted by atomic mass is 16.3. The highest BCUT2D eigenvalue weighted by molar-refractivity contribution is 5.92. The number of hydrogen-bond donors (Lipinski definition) is 3. The molecule has 5 heteroatoms. The summed E-state index contributed by atoms with van der Waals surface area (Å²) in [4.78, 5) is 16.4. The second kappa shape index (κ2) is 6.34. The zero-order valence-electron chi connectivity index (χ0n) is 20.4. The van der Waals surface area contributed by atoms with E-state index < -0.39 is 0 Å². The van der Waals surface area contributed by atoms with Crippen molar-refractivity contribution in [1.82, 2.24) is 4.90 Å². The number of Topliss-reactive ketones (excluding diaryl/α,β-unsaturated/α-hetero) is 1. The number of ketones is 1. The van der Waals surface area contributed by atoms with Crippen molar-refractivity contribution < 1.29 is 15.0 Å². The SMILES string of the molecule is CC(C1[C@H](O)C[C@@]2(C)C3CCC4C5(CC[C@H](N)[C@@]4(C)CO)C[C@@]35C(=O)CC12C)N(C)C. The minimum absolute atomic E-state index is 0.0143. The topological polar surface area (TPSA) is 86.8 Å². The zero-order valence-corrected chi connectivity index (χ0v) is 20.4. The van der Waals surface area contributed by atoms with Crippen LogP contribution in [-0.2, 0) is 4.79 Å². The number of hydrogen-bond acceptors (Lipinski definition) is 5. The molecule has 0 heterocycles. The third-order valence-corrected chi connectivity index (χ3v) is 12.5. The first-order valence-electron chi connectivity index (χ1n) is 12.6. The quantitative estimate of drug-likeness (QED) is 0.638. The third kappa shape index (κ3) is 2.26. The van der Waals surface area contributed by atoms with Gasteiger partial charge in [0.25, 0.3) is 0 Å². The van der Waals surface area contributed by atoms with Gasteiger partial charge in [0.05, 0.1) is 12.7 Å². The zero-order chi connectivity index (χ0) is 22.8. The highest BCUT2D eigenvalue weighted by Crippen LogP contribution is 2.87. The monoisotopic (exact) mass is 432 g/mol. The lowest BCUT2D eigenvalue weighted by molar-refractivity contribution is -0.172. The van der Waals surface area contributed by atoms with Gasteiger partial charge in [0.2, 0.25) is 0 Å². The summed E-state index contributed by atoms with van der Waals surface area (Å²) in [5, 5.41) is 21.7. The van der Waals surface area contributed by atoms with Crippen LogP contribution in [0.3, 0.4) is 0 Å². The van der Waals surface area contributed by atoms with Crippen molar-refractivity contribution in [2.24, 2.45) is 50.6 Å². The van der Waals surface area contributed by atoms with Crippen LogP contribution in [0.15, 0.2) is 0 Å². The Bertz CT molecular complexity index is 802. The molecule has 5 saturated carbocycles. The fourth-order valence-electron chi connectivity index (χ4n) is 10.4. The van der Waals surface area contributed by atoms with Crippen LogP contribution in [0.4, 0.5) is 0 Å². The lowest BCUT2D eigenvalue weighted by atomic mass is 9.41. The van der Waals surface area contributed by atoms with Gasteiger partial charge in [-0.2, -0.15) is 0 Å². The molecule has 5 fully saturated rings. The molecule has 5 aliphatic rings. The van der Waals surface area contributed by atoms with Gasteiger partial charge < -0.3 is 20.8 Å². The van der Waals surface area contributed by atoms with Gasteiger partial charge in [-0.25, -0.2) is 0 Å². The van der Waals surface area contributed by atoms with Crippen LogP contribution in [0.25, 0.3) is 0 Å². The van der Waals surface area contributed by atoms with E-state index in [2.05, 4.69) is 46.7 Å². The van der Waals surface area contributed by atoms with Crippen LogP contribution in [0.1, 0.15) is 72.6 Å². The van der Waals surface area contributed by atoms with E-state index >= 15 is 0 Å². The molecule has 176 valence electrons. The van der Waals surface area contributed by atoms with E-state index in [-0.39, 0.29) is 57.8 Å². The number of aliphatic hydroxyl groups is 2. The van der Waals surface area contributed by atoms with E-state index in [1.54, 1.807) is 0 Å². The summed E-state index contributed by atoms with van der Waals surface area (Å²) < 4.78 is 0. The molecular weight excluding hydrogens is 388 g/mol. The molecule has 0 bridgehead atoms. The van der Waals surface area contributed by atoms with Crippen LogP contribution in [-0.4, -0.2) is 59.8 Å². The summed E-state index contributed by atoms with van der Waals surface area (Å²) in [6.45, 7) is 9.22. The van der Waals surface area contributed by atoms with E-state index in [0.717, 1.165) is 38.5 Å². The first-order valence-corrected chi connectivity index (χ1v) is 12.6. The van der Waals surface area contributed by atoms with Crippen LogP contribution >= 0.6 is 0 Å². The standard InChI is InChI=1S/C26H44N2O3/c1-15(28(5)6)21-16(30)11-23(3)18-8-7-17-22(2,14-29)19(27)9-10-25(17)13-26(18,25)20(31)12-24(21,23)4/h15-19,21,29-30H,7-14,27H2,1-6H3/t15?,16-,17?,18?,19+,21?,22+,23+,24?,25?,26+/m1/s1. The average molecular weight is 433 g/mol. The highest BCUT2D eigenvalue weighted by Gasteiger charge is 2.86. The molecule has 0 amide bonds. The fraction of sp³-hybridized carbons (Fsp3) is 0.962. The summed E-state index contributed by atoms with van der Waals surface area (Å²) in [6, 6.07) is 0.249. The normalized spacial score (nSPS) is 58.9. The molecule has 0 saturated heterocycles. The molecule has 0 aliphatic heterocycles. The molecule has 11 atom stereocenters. The summed E-state index contributed by atoms with van der Waals surface area (Å²) in [7, 11) is 4.18. The Balaban J connectivity index is 1.58. The maximum Gasteiger partial charge on any atom is 0.140 e. The summed E-state index contributed by atoms with van der Waals surface area (Å²) in [6.07, 6.45) is 6.06. The van der Waals surface area contributed by atoms with Crippen LogP contribution in [0, 0.1) is 44.8 Å². The molecule has 5 nitrogen and oxygen atoms in total. The number of fused-ring (bicyclic) bond motifs is 2. The van der Waals surface area contributed by atoms with Gasteiger partial charge in [-0.1, -0.05) is 20.8 Å². The predicted molar refractivity (Wildman–Crippen MR) is 121 cm³/mol. The van der Waals surface area contributed by atoms with E-state index in [0.29, 0.717) is 24.0 Å². The van der Waals surface area contributed by atoms with Crippen molar-refractivity contribution >= 4 is 5.78 Å². The van der Waals surface area contributed by atoms with Gasteiger partial charge in [0.15, 0.2) is 0 Å². The average Bonchev–Trinajstić information content (AvgIpc) is 3.34. The van der Waals surface area contributed by atoms with E-state index in [1.165, 1.54) is 0 Å². The van der Waals surface area contributed by atoms with Crippen molar-refractivity contribution in [2.75, 3.05) is 20.7 Å². The van der Waals surface area contributed by atoms with Gasteiger partial charge in [-0.15, -0.1) is 0 Å². The summed E-state index contributed by atoms with van der Waals surface area (Å²) in [5.41, 5.74) is 5.86. The molecule has 0 aromatic rings. The Kier molecular flexibility index (Phi) is 4.56. The lowest BCUT2D eigenvalue weighted by Gasteiger charge is -2.62. The van der Waals surface area contributed by atoms with Crippen molar-refractivity contribution in [1.29, 1.82) is 0 Å². The maximum atomic E-state index is 14.2. The smallest absolute Gasteiger partial charge is 0.140 e. The summed E-state index contributed by atoms with van der Waals surface area (Å²) >= 11 is 0. The molecule has 31 heavy (non-hydrogen) atoms. The van der Waals surface area contributed by atoms with E-state index in [9.17, 15) is 15.0 Å². The Morgan fingerprint density at radius 2 is 1.77 bits per heavy atom. The molecule has 0 radical (unpaired) electrons. The van der Waals surface area contributed by atoms with Crippen molar-refractivity contribution in [3.8, 4) is 0 Å². The molecule has 0 aromatic carbocycles. The fourth-order valence-corrected chi connectivity index (χ4v) is 10.4. The van der Waals surface area contributed by atoms with Gasteiger partial charge in [0.1, 0.15) is 5.78 Å². The molecule has 5 rings (SSSR count). The first kappa shape index (κ1) is 22.3. The van der Waals surface area contributed by atoms with Gasteiger partial charge >= 0.3 is 0 Å². The van der Waals surface area contributed by atoms with Crippen LogP contribution < -0.4 is 5.73 Å². The molecule has 0 aromatic heterocycles. The van der Waals surface area contributed by atoms with Gasteiger partial charge in [-0.3, -0.25) is 4.79 Å². The largest absolute Gasteiger partial charge is 0.396 e. The number of nitrogens with two attached hydrogens (primary N) is 1. The Morgan fingerprint density at radius 1 is 1.13 bits per heavy atom. The number of aliphatic hydroxyl groups excluding tert-OH is 2. The number of nitrogens with zero attached hydrogens (tertiary/aromatic N) is 1. The van der Waals surface area contributed by atoms with Crippen molar-refractivity contribution in [3.63, 3.8) is 0 Å². The van der Waals surface area contributed by atoms with E-state index in [1.807, 2.05) is 0 Å². The van der Waals surface area contributed by atoms with Crippen molar-refractivity contribution in [3.05, 3.63) is 0 Å². The number of carbonyl (C=O) groups excluding carboxylic acids is 1. The Hall–Kier alpha value is -0.490. The number of carbonyl (C=O) groups is 1. The molecule has 4 N–H and O–H groups in total. The summed E-state index contributed by atoms with van der Waals surface area (Å²) in [5.74, 6) is 1.25. The minimum Gasteiger partial charge on any atom is -0.396 e. The van der Waals surface area contributed by atoms with Gasteiger partial charge in [-0.05, 0) is 87.6 Å². The first-order chi connectivity index (χ1) is 14.4. The van der Waals surface area contributed by atoms with Crippen LogP contribution in [0.2, 0.25) is 0 Å². The second-order valence-electron chi connectivity index (χ2n) is 13.2. The Morgan fingerprint density at radius 3 is 2.39 bits per heavy atom. The molecule has 5 aliphatic carbocycles. The predicted octanol–water partition coefficient (Wildman–Crippen LogP) is 2.83. The molecular formula is C26H44N2O3. The van der Waals surface area contributed by atoms with E-state index in [4.69, 9.17) is 5.73 Å². The minimum atomic E-state index is -0.356. The Labute approximate surface area is 188 Å².